The summed E-state index contributed by atoms with van der Waals surface area (Å²) in [6.07, 6.45) is 1.10. The lowest BCUT2D eigenvalue weighted by Gasteiger charge is -2.25. The van der Waals surface area contributed by atoms with Gasteiger partial charge in [-0.15, -0.1) is 0 Å². The van der Waals surface area contributed by atoms with Gasteiger partial charge in [-0.2, -0.15) is 0 Å². The molecule has 3 nitrogen and oxygen atoms in total. The lowest BCUT2D eigenvalue weighted by molar-refractivity contribution is -0.0312. The summed E-state index contributed by atoms with van der Waals surface area (Å²) in [7, 11) is 0. The van der Waals surface area contributed by atoms with E-state index in [0.29, 0.717) is 12.5 Å². The van der Waals surface area contributed by atoms with E-state index >= 15 is 0 Å². The van der Waals surface area contributed by atoms with Gasteiger partial charge in [0.1, 0.15) is 0 Å². The highest BCUT2D eigenvalue weighted by Crippen LogP contribution is 2.16. The van der Waals surface area contributed by atoms with Crippen molar-refractivity contribution in [1.29, 1.82) is 0 Å². The number of rotatable bonds is 4. The predicted octanol–water partition coefficient (Wildman–Crippen LogP) is 1.35. The summed E-state index contributed by atoms with van der Waals surface area (Å²) in [5.41, 5.74) is 4.59. The van der Waals surface area contributed by atoms with Gasteiger partial charge in [-0.25, -0.2) is 5.48 Å². The van der Waals surface area contributed by atoms with Crippen LogP contribution < -0.4 is 5.48 Å². The molecule has 2 N–H and O–H groups in total. The van der Waals surface area contributed by atoms with E-state index in [0.717, 1.165) is 25.2 Å². The van der Waals surface area contributed by atoms with Gasteiger partial charge in [0, 0.05) is 12.5 Å². The molecule has 3 heteroatoms. The van der Waals surface area contributed by atoms with Gasteiger partial charge in [-0.3, -0.25) is 0 Å². The van der Waals surface area contributed by atoms with Crippen LogP contribution in [0.1, 0.15) is 11.1 Å². The number of hydroxylamine groups is 1. The second-order valence-corrected chi connectivity index (χ2v) is 3.76. The molecule has 0 radical (unpaired) electrons. The third-order valence-electron chi connectivity index (χ3n) is 2.54. The normalized spacial score (nSPS) is 16.6. The van der Waals surface area contributed by atoms with Crippen molar-refractivity contribution < 1.29 is 9.94 Å². The van der Waals surface area contributed by atoms with E-state index in [1.54, 1.807) is 0 Å². The second-order valence-electron chi connectivity index (χ2n) is 3.76. The first-order valence-corrected chi connectivity index (χ1v) is 4.91. The van der Waals surface area contributed by atoms with Gasteiger partial charge < -0.3 is 9.94 Å². The van der Waals surface area contributed by atoms with Crippen molar-refractivity contribution >= 4 is 0 Å². The van der Waals surface area contributed by atoms with Gasteiger partial charge in [-0.05, 0) is 17.5 Å². The summed E-state index contributed by atoms with van der Waals surface area (Å²) in [5, 5.41) is 8.52. The van der Waals surface area contributed by atoms with Crippen molar-refractivity contribution in [2.24, 2.45) is 5.92 Å². The Bertz CT molecular complexity index is 280. The van der Waals surface area contributed by atoms with Crippen LogP contribution in [-0.4, -0.2) is 18.4 Å². The molecule has 0 amide bonds. The Kier molecular flexibility index (Phi) is 3.14. The van der Waals surface area contributed by atoms with Crippen LogP contribution in [0.15, 0.2) is 24.3 Å². The summed E-state index contributed by atoms with van der Waals surface area (Å²) >= 11 is 0. The van der Waals surface area contributed by atoms with E-state index in [2.05, 4.69) is 17.6 Å². The molecule has 1 aromatic carbocycles. The summed E-state index contributed by atoms with van der Waals surface area (Å²) in [4.78, 5) is 0. The molecule has 0 unspecified atom stereocenters. The maximum Gasteiger partial charge on any atom is 0.0519 e. The minimum atomic E-state index is 0.507. The first kappa shape index (κ1) is 9.65. The third kappa shape index (κ3) is 2.32. The van der Waals surface area contributed by atoms with Crippen LogP contribution in [0.3, 0.4) is 0 Å². The highest BCUT2D eigenvalue weighted by atomic mass is 16.5. The number of hydrogen-bond acceptors (Lipinski definition) is 3. The first-order chi connectivity index (χ1) is 6.88. The average Bonchev–Trinajstić information content (AvgIpc) is 2.14. The minimum Gasteiger partial charge on any atom is -0.381 e. The topological polar surface area (TPSA) is 41.5 Å². The quantitative estimate of drug-likeness (QED) is 0.709. The molecule has 1 aromatic rings. The van der Waals surface area contributed by atoms with E-state index in [4.69, 9.17) is 9.94 Å². The molecule has 2 rings (SSSR count). The lowest BCUT2D eigenvalue weighted by Crippen LogP contribution is -2.29. The van der Waals surface area contributed by atoms with E-state index in [1.165, 1.54) is 5.56 Å². The van der Waals surface area contributed by atoms with Crippen molar-refractivity contribution in [2.75, 3.05) is 13.2 Å². The zero-order valence-electron chi connectivity index (χ0n) is 8.07. The summed E-state index contributed by atoms with van der Waals surface area (Å²) in [6.45, 7) is 2.31. The summed E-state index contributed by atoms with van der Waals surface area (Å²) in [6, 6.07) is 8.31. The number of hydrogen-bond donors (Lipinski definition) is 2. The Morgan fingerprint density at radius 3 is 2.36 bits per heavy atom. The first-order valence-electron chi connectivity index (χ1n) is 4.91. The molecular formula is C11H15NO2. The second kappa shape index (κ2) is 4.55. The van der Waals surface area contributed by atoms with E-state index < -0.39 is 0 Å². The molecule has 1 heterocycles. The molecule has 76 valence electrons. The smallest absolute Gasteiger partial charge is 0.0519 e. The van der Waals surface area contributed by atoms with Crippen molar-refractivity contribution in [1.82, 2.24) is 5.48 Å². The standard InChI is InChI=1S/C11H15NO2/c13-12-6-10-3-1-9(2-4-10)5-11-7-14-8-11/h1-4,11-13H,5-8H2. The highest BCUT2D eigenvalue weighted by Gasteiger charge is 2.18. The zero-order valence-corrected chi connectivity index (χ0v) is 8.07. The van der Waals surface area contributed by atoms with Gasteiger partial charge in [-0.1, -0.05) is 24.3 Å². The number of ether oxygens (including phenoxy) is 1. The summed E-state index contributed by atoms with van der Waals surface area (Å²) in [5.74, 6) is 0.705. The van der Waals surface area contributed by atoms with Crippen LogP contribution in [0.25, 0.3) is 0 Å². The minimum absolute atomic E-state index is 0.507. The van der Waals surface area contributed by atoms with Crippen LogP contribution in [0.2, 0.25) is 0 Å². The maximum atomic E-state index is 8.52. The van der Waals surface area contributed by atoms with Gasteiger partial charge in [0.15, 0.2) is 0 Å². The molecule has 14 heavy (non-hydrogen) atoms. The van der Waals surface area contributed by atoms with Crippen LogP contribution in [0, 0.1) is 5.92 Å². The molecule has 0 spiro atoms. The largest absolute Gasteiger partial charge is 0.381 e. The van der Waals surface area contributed by atoms with E-state index in [9.17, 15) is 0 Å². The van der Waals surface area contributed by atoms with Crippen LogP contribution in [-0.2, 0) is 17.7 Å². The molecular weight excluding hydrogens is 178 g/mol. The van der Waals surface area contributed by atoms with Crippen LogP contribution >= 0.6 is 0 Å². The predicted molar refractivity (Wildman–Crippen MR) is 53.1 cm³/mol. The fourth-order valence-electron chi connectivity index (χ4n) is 1.62. The molecule has 0 aromatic heterocycles. The van der Waals surface area contributed by atoms with Crippen molar-refractivity contribution in [3.8, 4) is 0 Å². The fourth-order valence-corrected chi connectivity index (χ4v) is 1.62. The third-order valence-corrected chi connectivity index (χ3v) is 2.54. The van der Waals surface area contributed by atoms with Crippen molar-refractivity contribution in [3.05, 3.63) is 35.4 Å². The average molecular weight is 193 g/mol. The SMILES string of the molecule is ONCc1ccc(CC2COC2)cc1. The molecule has 0 bridgehead atoms. The molecule has 0 atom stereocenters. The lowest BCUT2D eigenvalue weighted by atomic mass is 9.97. The molecule has 0 aliphatic carbocycles. The maximum absolute atomic E-state index is 8.52. The highest BCUT2D eigenvalue weighted by molar-refractivity contribution is 5.22. The number of nitrogens with one attached hydrogen (secondary N) is 1. The Hall–Kier alpha value is -0.900. The van der Waals surface area contributed by atoms with Gasteiger partial charge >= 0.3 is 0 Å². The van der Waals surface area contributed by atoms with E-state index in [1.807, 2.05) is 12.1 Å². The van der Waals surface area contributed by atoms with Crippen LogP contribution in [0.4, 0.5) is 0 Å². The molecule has 1 aliphatic rings. The zero-order chi connectivity index (χ0) is 9.80. The Labute approximate surface area is 83.7 Å². The van der Waals surface area contributed by atoms with Gasteiger partial charge in [0.05, 0.1) is 13.2 Å². The number of benzene rings is 1. The van der Waals surface area contributed by atoms with Gasteiger partial charge in [0.25, 0.3) is 0 Å². The molecule has 0 saturated carbocycles. The Morgan fingerprint density at radius 1 is 1.21 bits per heavy atom. The molecule has 1 fully saturated rings. The van der Waals surface area contributed by atoms with E-state index in [-0.39, 0.29) is 0 Å². The Morgan fingerprint density at radius 2 is 1.86 bits per heavy atom. The Balaban J connectivity index is 1.91. The molecule has 1 saturated heterocycles. The fraction of sp³-hybridized carbons (Fsp3) is 0.455. The molecule has 1 aliphatic heterocycles. The van der Waals surface area contributed by atoms with Crippen LogP contribution in [0.5, 0.6) is 0 Å². The van der Waals surface area contributed by atoms with Crippen molar-refractivity contribution in [2.45, 2.75) is 13.0 Å². The van der Waals surface area contributed by atoms with Crippen molar-refractivity contribution in [3.63, 3.8) is 0 Å². The van der Waals surface area contributed by atoms with Gasteiger partial charge in [0.2, 0.25) is 0 Å². The monoisotopic (exact) mass is 193 g/mol. The summed E-state index contributed by atoms with van der Waals surface area (Å²) < 4.78 is 5.13.